The van der Waals surface area contributed by atoms with Crippen molar-refractivity contribution < 1.29 is 33.5 Å². The van der Waals surface area contributed by atoms with Gasteiger partial charge in [0.2, 0.25) is 29.5 Å². The highest BCUT2D eigenvalue weighted by atomic mass is 16.5. The standard InChI is InChI=1S/C28H40N4O7/c1-5-21-15-25(36)32(28(21)38)14-8-6-7-9-23(34)31-26(18(2)3)27(37)29-16-24(35)30-22-12-10-20(11-13-22)17-39-19(4)33/h10-13,18,21,26H,5-9,14-17H2,1-4H3,(H,29,37)(H,30,35)(H,31,34). The largest absolute Gasteiger partial charge is 0.461 e. The van der Waals surface area contributed by atoms with Gasteiger partial charge < -0.3 is 20.7 Å². The van der Waals surface area contributed by atoms with Gasteiger partial charge >= 0.3 is 5.97 Å². The van der Waals surface area contributed by atoms with Crippen molar-refractivity contribution >= 4 is 41.2 Å². The summed E-state index contributed by atoms with van der Waals surface area (Å²) in [7, 11) is 0. The average Bonchev–Trinajstić information content (AvgIpc) is 3.17. The number of amides is 5. The molecule has 11 heteroatoms. The first kappa shape index (κ1) is 31.5. The zero-order chi connectivity index (χ0) is 28.9. The summed E-state index contributed by atoms with van der Waals surface area (Å²) in [4.78, 5) is 73.8. The van der Waals surface area contributed by atoms with Crippen LogP contribution in [0.2, 0.25) is 0 Å². The third-order valence-electron chi connectivity index (χ3n) is 6.48. The lowest BCUT2D eigenvalue weighted by atomic mass is 10.0. The van der Waals surface area contributed by atoms with Gasteiger partial charge in [-0.15, -0.1) is 0 Å². The average molecular weight is 545 g/mol. The summed E-state index contributed by atoms with van der Waals surface area (Å²) < 4.78 is 4.92. The minimum atomic E-state index is -0.795. The molecule has 214 valence electrons. The molecule has 1 aromatic rings. The normalized spacial score (nSPS) is 15.7. The predicted octanol–water partition coefficient (Wildman–Crippen LogP) is 2.29. The van der Waals surface area contributed by atoms with Crippen LogP contribution in [0.4, 0.5) is 5.69 Å². The second-order valence-corrected chi connectivity index (χ2v) is 10.0. The van der Waals surface area contributed by atoms with E-state index >= 15 is 0 Å². The molecular formula is C28H40N4O7. The topological polar surface area (TPSA) is 151 Å². The summed E-state index contributed by atoms with van der Waals surface area (Å²) in [6.45, 7) is 7.07. The first-order valence-corrected chi connectivity index (χ1v) is 13.4. The molecule has 1 heterocycles. The molecule has 0 spiro atoms. The van der Waals surface area contributed by atoms with Crippen LogP contribution >= 0.6 is 0 Å². The zero-order valence-corrected chi connectivity index (χ0v) is 23.2. The first-order chi connectivity index (χ1) is 18.5. The van der Waals surface area contributed by atoms with E-state index in [1.54, 1.807) is 38.1 Å². The number of nitrogens with one attached hydrogen (secondary N) is 3. The van der Waals surface area contributed by atoms with Gasteiger partial charge in [0, 0.05) is 37.9 Å². The molecule has 0 aromatic heterocycles. The molecule has 2 rings (SSSR count). The van der Waals surface area contributed by atoms with Crippen LogP contribution in [-0.4, -0.2) is 59.5 Å². The number of hydrogen-bond acceptors (Lipinski definition) is 7. The van der Waals surface area contributed by atoms with E-state index in [1.165, 1.54) is 11.8 Å². The van der Waals surface area contributed by atoms with Crippen LogP contribution in [0.3, 0.4) is 0 Å². The van der Waals surface area contributed by atoms with E-state index in [9.17, 15) is 28.8 Å². The lowest BCUT2D eigenvalue weighted by molar-refractivity contribution is -0.142. The predicted molar refractivity (Wildman–Crippen MR) is 144 cm³/mol. The molecule has 1 saturated heterocycles. The number of likely N-dealkylation sites (tertiary alicyclic amines) is 1. The molecule has 1 aromatic carbocycles. The third-order valence-corrected chi connectivity index (χ3v) is 6.48. The van der Waals surface area contributed by atoms with Crippen molar-refractivity contribution in [3.8, 4) is 0 Å². The Kier molecular flexibility index (Phi) is 12.6. The minimum absolute atomic E-state index is 0.103. The highest BCUT2D eigenvalue weighted by Crippen LogP contribution is 2.22. The molecule has 0 aliphatic carbocycles. The lowest BCUT2D eigenvalue weighted by Gasteiger charge is -2.21. The number of unbranched alkanes of at least 4 members (excludes halogenated alkanes) is 2. The molecule has 0 bridgehead atoms. The van der Waals surface area contributed by atoms with Crippen molar-refractivity contribution in [2.75, 3.05) is 18.4 Å². The molecular weight excluding hydrogens is 504 g/mol. The molecule has 2 atom stereocenters. The van der Waals surface area contributed by atoms with E-state index in [2.05, 4.69) is 16.0 Å². The second kappa shape index (κ2) is 15.6. The number of rotatable bonds is 15. The van der Waals surface area contributed by atoms with Gasteiger partial charge in [-0.3, -0.25) is 33.7 Å². The Labute approximate surface area is 229 Å². The number of esters is 1. The maximum atomic E-state index is 12.7. The molecule has 11 nitrogen and oxygen atoms in total. The molecule has 1 aliphatic rings. The van der Waals surface area contributed by atoms with Crippen molar-refractivity contribution in [3.63, 3.8) is 0 Å². The molecule has 1 aliphatic heterocycles. The van der Waals surface area contributed by atoms with Crippen LogP contribution in [0.25, 0.3) is 0 Å². The summed E-state index contributed by atoms with van der Waals surface area (Å²) in [5.74, 6) is -2.17. The van der Waals surface area contributed by atoms with Crippen molar-refractivity contribution in [1.82, 2.24) is 15.5 Å². The molecule has 0 radical (unpaired) electrons. The quantitative estimate of drug-likeness (QED) is 0.174. The maximum Gasteiger partial charge on any atom is 0.302 e. The number of nitrogens with zero attached hydrogens (tertiary/aromatic N) is 1. The first-order valence-electron chi connectivity index (χ1n) is 13.4. The number of benzene rings is 1. The fourth-order valence-corrected chi connectivity index (χ4v) is 4.17. The zero-order valence-electron chi connectivity index (χ0n) is 23.2. The van der Waals surface area contributed by atoms with E-state index in [1.807, 2.05) is 6.92 Å². The summed E-state index contributed by atoms with van der Waals surface area (Å²) in [6.07, 6.45) is 3.01. The Bertz CT molecular complexity index is 1040. The smallest absolute Gasteiger partial charge is 0.302 e. The SMILES string of the molecule is CCC1CC(=O)N(CCCCCC(=O)NC(C(=O)NCC(=O)Nc2ccc(COC(C)=O)cc2)C(C)C)C1=O. The number of carbonyl (C=O) groups excluding carboxylic acids is 6. The Hall–Kier alpha value is -3.76. The fourth-order valence-electron chi connectivity index (χ4n) is 4.17. The Balaban J connectivity index is 1.70. The van der Waals surface area contributed by atoms with E-state index in [0.717, 1.165) is 5.56 Å². The molecule has 2 unspecified atom stereocenters. The number of ether oxygens (including phenoxy) is 1. The van der Waals surface area contributed by atoms with Crippen LogP contribution in [0.1, 0.15) is 71.8 Å². The maximum absolute atomic E-state index is 12.7. The number of anilines is 1. The number of hydrogen-bond donors (Lipinski definition) is 3. The van der Waals surface area contributed by atoms with Crippen LogP contribution in [-0.2, 0) is 40.1 Å². The Morgan fingerprint density at radius 3 is 2.31 bits per heavy atom. The molecule has 5 amide bonds. The summed E-state index contributed by atoms with van der Waals surface area (Å²) in [5.41, 5.74) is 1.30. The van der Waals surface area contributed by atoms with E-state index in [4.69, 9.17) is 4.74 Å². The van der Waals surface area contributed by atoms with Crippen LogP contribution < -0.4 is 16.0 Å². The van der Waals surface area contributed by atoms with Gasteiger partial charge in [-0.2, -0.15) is 0 Å². The second-order valence-electron chi connectivity index (χ2n) is 10.0. The van der Waals surface area contributed by atoms with Crippen molar-refractivity contribution in [1.29, 1.82) is 0 Å². The van der Waals surface area contributed by atoms with Gasteiger partial charge in [-0.05, 0) is 42.9 Å². The third kappa shape index (κ3) is 10.5. The lowest BCUT2D eigenvalue weighted by Crippen LogP contribution is -2.51. The Morgan fingerprint density at radius 2 is 1.72 bits per heavy atom. The summed E-state index contributed by atoms with van der Waals surface area (Å²) in [5, 5.41) is 7.98. The van der Waals surface area contributed by atoms with Gasteiger partial charge in [0.05, 0.1) is 6.54 Å². The van der Waals surface area contributed by atoms with Crippen LogP contribution in [0.15, 0.2) is 24.3 Å². The van der Waals surface area contributed by atoms with E-state index < -0.39 is 17.9 Å². The summed E-state index contributed by atoms with van der Waals surface area (Å²) in [6, 6.07) is 5.97. The van der Waals surface area contributed by atoms with Crippen LogP contribution in [0.5, 0.6) is 0 Å². The minimum Gasteiger partial charge on any atom is -0.461 e. The van der Waals surface area contributed by atoms with Crippen molar-refractivity contribution in [2.45, 2.75) is 78.9 Å². The van der Waals surface area contributed by atoms with Crippen molar-refractivity contribution in [3.05, 3.63) is 29.8 Å². The van der Waals surface area contributed by atoms with Gasteiger partial charge in [-0.1, -0.05) is 39.3 Å². The van der Waals surface area contributed by atoms with Gasteiger partial charge in [0.1, 0.15) is 12.6 Å². The summed E-state index contributed by atoms with van der Waals surface area (Å²) >= 11 is 0. The number of carbonyl (C=O) groups is 6. The number of imide groups is 1. The highest BCUT2D eigenvalue weighted by Gasteiger charge is 2.36. The highest BCUT2D eigenvalue weighted by molar-refractivity contribution is 6.03. The Morgan fingerprint density at radius 1 is 1.03 bits per heavy atom. The van der Waals surface area contributed by atoms with Gasteiger partial charge in [0.15, 0.2) is 0 Å². The van der Waals surface area contributed by atoms with Crippen LogP contribution in [0, 0.1) is 11.8 Å². The van der Waals surface area contributed by atoms with E-state index in [0.29, 0.717) is 37.9 Å². The molecule has 0 saturated carbocycles. The molecule has 39 heavy (non-hydrogen) atoms. The van der Waals surface area contributed by atoms with Crippen molar-refractivity contribution in [2.24, 2.45) is 11.8 Å². The monoisotopic (exact) mass is 544 g/mol. The van der Waals surface area contributed by atoms with Gasteiger partial charge in [0.25, 0.3) is 0 Å². The molecule has 1 fully saturated rings. The fraction of sp³-hybridized carbons (Fsp3) is 0.571. The molecule has 3 N–H and O–H groups in total. The van der Waals surface area contributed by atoms with E-state index in [-0.39, 0.29) is 61.5 Å². The van der Waals surface area contributed by atoms with Gasteiger partial charge in [-0.25, -0.2) is 0 Å².